The Bertz CT molecular complexity index is 1670. The molecule has 1 aromatic heterocycles. The third-order valence-corrected chi connectivity index (χ3v) is 9.47. The van der Waals surface area contributed by atoms with Gasteiger partial charge in [-0.2, -0.15) is 15.0 Å². The van der Waals surface area contributed by atoms with Gasteiger partial charge < -0.3 is 19.4 Å². The summed E-state index contributed by atoms with van der Waals surface area (Å²) in [7, 11) is 2.18. The first kappa shape index (κ1) is 28.5. The van der Waals surface area contributed by atoms with Gasteiger partial charge in [0.1, 0.15) is 12.4 Å². The maximum atomic E-state index is 6.35. The van der Waals surface area contributed by atoms with Gasteiger partial charge in [-0.3, -0.25) is 0 Å². The van der Waals surface area contributed by atoms with Crippen LogP contribution in [0.4, 0.5) is 17.2 Å². The molecule has 0 aliphatic carbocycles. The summed E-state index contributed by atoms with van der Waals surface area (Å²) in [5.41, 5.74) is 5.80. The summed E-state index contributed by atoms with van der Waals surface area (Å²) in [6.45, 7) is 7.41. The van der Waals surface area contributed by atoms with Gasteiger partial charge in [0.25, 0.3) is 0 Å². The fourth-order valence-corrected chi connectivity index (χ4v) is 6.93. The Morgan fingerprint density at radius 2 is 1.70 bits per heavy atom. The van der Waals surface area contributed by atoms with E-state index in [1.807, 2.05) is 30.3 Å². The van der Waals surface area contributed by atoms with Crippen molar-refractivity contribution >= 4 is 34.0 Å². The molecule has 8 nitrogen and oxygen atoms in total. The second-order valence-corrected chi connectivity index (χ2v) is 12.4. The van der Waals surface area contributed by atoms with Crippen LogP contribution in [0.5, 0.6) is 6.01 Å². The number of likely N-dealkylation sites (N-methyl/N-ethyl adjacent to an activating group) is 1. The smallest absolute Gasteiger partial charge is 0.318 e. The van der Waals surface area contributed by atoms with Gasteiger partial charge in [0, 0.05) is 42.3 Å². The van der Waals surface area contributed by atoms with Gasteiger partial charge in [0.05, 0.1) is 30.0 Å². The Kier molecular flexibility index (Phi) is 8.27. The van der Waals surface area contributed by atoms with Crippen molar-refractivity contribution in [3.05, 3.63) is 83.6 Å². The third kappa shape index (κ3) is 6.05. The van der Waals surface area contributed by atoms with Crippen molar-refractivity contribution in [3.63, 3.8) is 0 Å². The molecule has 0 saturated carbocycles. The number of aliphatic imine (C=N–C) groups is 2. The topological polar surface area (TPSA) is 69.5 Å². The number of rotatable bonds is 7. The van der Waals surface area contributed by atoms with Gasteiger partial charge in [0.15, 0.2) is 0 Å². The lowest BCUT2D eigenvalue weighted by molar-refractivity contribution is 0.187. The van der Waals surface area contributed by atoms with Gasteiger partial charge in [-0.05, 0) is 81.8 Å². The maximum absolute atomic E-state index is 6.35. The zero-order chi connectivity index (χ0) is 29.9. The molecule has 0 N–H and O–H groups in total. The standard InChI is InChI=1S/C36H41N7O/c1-26-9-6-10-27-11-7-15-33(34(26)27)43-22-18-31-32(23-43)39-36(44-24-30-14-8-19-41(30)2)40-35(31)42-20-16-29(17-21-42)38-25-37-28-12-4-3-5-13-28/h3-7,9-13,15,29-30H,8,14,16-24H2,1-2H3/t30-/m0/s1. The average molecular weight is 588 g/mol. The fourth-order valence-electron chi connectivity index (χ4n) is 6.93. The van der Waals surface area contributed by atoms with Gasteiger partial charge >= 0.3 is 6.01 Å². The molecule has 2 saturated heterocycles. The summed E-state index contributed by atoms with van der Waals surface area (Å²) < 4.78 is 6.35. The van der Waals surface area contributed by atoms with Gasteiger partial charge in [-0.25, -0.2) is 4.99 Å². The molecule has 8 heteroatoms. The quantitative estimate of drug-likeness (QED) is 0.232. The number of likely N-dealkylation sites (tertiary alicyclic amines) is 1. The van der Waals surface area contributed by atoms with Crippen LogP contribution >= 0.6 is 0 Å². The van der Waals surface area contributed by atoms with E-state index in [4.69, 9.17) is 14.7 Å². The van der Waals surface area contributed by atoms with E-state index in [0.717, 1.165) is 75.6 Å². The molecule has 1 atom stereocenters. The van der Waals surface area contributed by atoms with Gasteiger partial charge in [-0.1, -0.05) is 48.5 Å². The number of anilines is 2. The van der Waals surface area contributed by atoms with Crippen LogP contribution in [0.2, 0.25) is 0 Å². The first-order chi connectivity index (χ1) is 21.6. The van der Waals surface area contributed by atoms with E-state index >= 15 is 0 Å². The fraction of sp³-hybridized carbons (Fsp3) is 0.417. The van der Waals surface area contributed by atoms with E-state index in [-0.39, 0.29) is 6.04 Å². The lowest BCUT2D eigenvalue weighted by Gasteiger charge is -2.36. The SMILES string of the molecule is Cc1cccc2cccc(N3CCc4c(nc(OC[C@@H]5CCCN5C)nc4N4CCC(N=C=Nc5ccccc5)CC4)C3)c12. The summed E-state index contributed by atoms with van der Waals surface area (Å²) in [5.74, 6) is 1.04. The molecule has 0 amide bonds. The van der Waals surface area contributed by atoms with Crippen molar-refractivity contribution in [2.75, 3.05) is 49.6 Å². The molecule has 2 fully saturated rings. The molecule has 3 aromatic carbocycles. The highest BCUT2D eigenvalue weighted by molar-refractivity contribution is 5.97. The number of benzene rings is 3. The van der Waals surface area contributed by atoms with Crippen LogP contribution < -0.4 is 14.5 Å². The van der Waals surface area contributed by atoms with Crippen molar-refractivity contribution in [3.8, 4) is 6.01 Å². The number of hydrogen-bond donors (Lipinski definition) is 0. The average Bonchev–Trinajstić information content (AvgIpc) is 3.48. The lowest BCUT2D eigenvalue weighted by Crippen LogP contribution is -2.39. The molecular formula is C36H41N7O. The summed E-state index contributed by atoms with van der Waals surface area (Å²) in [6.07, 6.45) is 5.17. The first-order valence-corrected chi connectivity index (χ1v) is 16.0. The van der Waals surface area contributed by atoms with E-state index in [2.05, 4.69) is 81.1 Å². The molecule has 3 aliphatic rings. The number of hydrogen-bond acceptors (Lipinski definition) is 8. The second-order valence-electron chi connectivity index (χ2n) is 12.4. The van der Waals surface area contributed by atoms with Crippen LogP contribution in [-0.4, -0.2) is 72.8 Å². The predicted octanol–water partition coefficient (Wildman–Crippen LogP) is 6.45. The highest BCUT2D eigenvalue weighted by Crippen LogP contribution is 2.36. The van der Waals surface area contributed by atoms with Crippen LogP contribution in [-0.2, 0) is 13.0 Å². The molecule has 4 heterocycles. The summed E-state index contributed by atoms with van der Waals surface area (Å²) in [5, 5.41) is 2.60. The van der Waals surface area contributed by atoms with Crippen LogP contribution in [0, 0.1) is 6.92 Å². The van der Waals surface area contributed by atoms with Crippen molar-refractivity contribution in [1.82, 2.24) is 14.9 Å². The van der Waals surface area contributed by atoms with Crippen LogP contribution in [0.1, 0.15) is 42.5 Å². The number of ether oxygens (including phenoxy) is 1. The number of aromatic nitrogens is 2. The Labute approximate surface area is 260 Å². The van der Waals surface area contributed by atoms with Crippen LogP contribution in [0.3, 0.4) is 0 Å². The highest BCUT2D eigenvalue weighted by atomic mass is 16.5. The summed E-state index contributed by atoms with van der Waals surface area (Å²) in [6, 6.07) is 27.1. The number of piperidine rings is 1. The van der Waals surface area contributed by atoms with Crippen molar-refractivity contribution in [2.45, 2.75) is 57.7 Å². The molecule has 0 spiro atoms. The summed E-state index contributed by atoms with van der Waals surface area (Å²) in [4.78, 5) is 26.5. The van der Waals surface area contributed by atoms with E-state index < -0.39 is 0 Å². The Morgan fingerprint density at radius 1 is 0.886 bits per heavy atom. The van der Waals surface area contributed by atoms with E-state index in [9.17, 15) is 0 Å². The third-order valence-electron chi connectivity index (χ3n) is 9.47. The molecule has 226 valence electrons. The molecular weight excluding hydrogens is 546 g/mol. The number of para-hydroxylation sites is 1. The van der Waals surface area contributed by atoms with E-state index in [1.54, 1.807) is 0 Å². The lowest BCUT2D eigenvalue weighted by atomic mass is 9.99. The minimum atomic E-state index is 0.218. The Balaban J connectivity index is 1.14. The zero-order valence-electron chi connectivity index (χ0n) is 25.8. The van der Waals surface area contributed by atoms with Gasteiger partial charge in [-0.15, -0.1) is 0 Å². The molecule has 44 heavy (non-hydrogen) atoms. The minimum Gasteiger partial charge on any atom is -0.462 e. The van der Waals surface area contributed by atoms with Crippen molar-refractivity contribution in [2.24, 2.45) is 9.98 Å². The molecule has 0 bridgehead atoms. The monoisotopic (exact) mass is 587 g/mol. The normalized spacial score (nSPS) is 19.1. The molecule has 4 aromatic rings. The number of aryl methyl sites for hydroxylation is 1. The largest absolute Gasteiger partial charge is 0.462 e. The Morgan fingerprint density at radius 3 is 2.50 bits per heavy atom. The van der Waals surface area contributed by atoms with Crippen LogP contribution in [0.15, 0.2) is 76.7 Å². The van der Waals surface area contributed by atoms with E-state index in [1.165, 1.54) is 34.0 Å². The molecule has 0 radical (unpaired) electrons. The van der Waals surface area contributed by atoms with Crippen molar-refractivity contribution in [1.29, 1.82) is 0 Å². The number of fused-ring (bicyclic) bond motifs is 2. The molecule has 0 unspecified atom stereocenters. The van der Waals surface area contributed by atoms with Crippen LogP contribution in [0.25, 0.3) is 10.8 Å². The second kappa shape index (κ2) is 12.8. The molecule has 7 rings (SSSR count). The minimum absolute atomic E-state index is 0.218. The molecule has 3 aliphatic heterocycles. The highest BCUT2D eigenvalue weighted by Gasteiger charge is 2.29. The van der Waals surface area contributed by atoms with Crippen molar-refractivity contribution < 1.29 is 4.74 Å². The number of nitrogens with zero attached hydrogens (tertiary/aromatic N) is 7. The summed E-state index contributed by atoms with van der Waals surface area (Å²) >= 11 is 0. The Hall–Kier alpha value is -4.26. The van der Waals surface area contributed by atoms with Gasteiger partial charge in [0.2, 0.25) is 0 Å². The maximum Gasteiger partial charge on any atom is 0.318 e. The van der Waals surface area contributed by atoms with E-state index in [0.29, 0.717) is 18.7 Å². The predicted molar refractivity (Wildman–Crippen MR) is 178 cm³/mol. The first-order valence-electron chi connectivity index (χ1n) is 16.0. The zero-order valence-corrected chi connectivity index (χ0v) is 25.8.